The Balaban J connectivity index is -0.000000234. The predicted octanol–water partition coefficient (Wildman–Crippen LogP) is 4.06. The van der Waals surface area contributed by atoms with Gasteiger partial charge in [-0.3, -0.25) is 0 Å². The van der Waals surface area contributed by atoms with Gasteiger partial charge in [0.25, 0.3) is 0 Å². The maximum Gasteiger partial charge on any atom is 0 e. The molecule has 0 aliphatic heterocycles. The van der Waals surface area contributed by atoms with Crippen molar-refractivity contribution in [3.63, 3.8) is 0 Å². The molecule has 0 amide bonds. The van der Waals surface area contributed by atoms with Crippen molar-refractivity contribution in [3.05, 3.63) is 6.42 Å². The van der Waals surface area contributed by atoms with Crippen molar-refractivity contribution < 1.29 is 40.8 Å². The Morgan fingerprint density at radius 3 is 1.62 bits per heavy atom. The molecule has 1 fully saturated rings. The Morgan fingerprint density at radius 1 is 1.00 bits per heavy atom. The van der Waals surface area contributed by atoms with Gasteiger partial charge in [-0.15, -0.1) is 0 Å². The molecule has 0 aromatic carbocycles. The van der Waals surface area contributed by atoms with Crippen molar-refractivity contribution in [2.24, 2.45) is 11.8 Å². The average Bonchev–Trinajstić information content (AvgIpc) is 2.10. The second-order valence-corrected chi connectivity index (χ2v) is 3.45. The van der Waals surface area contributed by atoms with Gasteiger partial charge in [-0.1, -0.05) is 40.5 Å². The monoisotopic (exact) mass is 529 g/mol. The molecule has 0 aromatic heterocycles. The van der Waals surface area contributed by atoms with Crippen molar-refractivity contribution in [1.82, 2.24) is 0 Å². The summed E-state index contributed by atoms with van der Waals surface area (Å²) in [6.07, 6.45) is 8.04. The Bertz CT molecular complexity index is 76.2. The molecule has 0 atom stereocenters. The molecular formula is C11H23Re2-. The maximum absolute atomic E-state index is 2.43. The van der Waals surface area contributed by atoms with E-state index in [0.29, 0.717) is 0 Å². The van der Waals surface area contributed by atoms with Crippen LogP contribution in [-0.2, 0) is 40.8 Å². The SMILES string of the molecule is CC.CC(C)C1CC[CH-]CC1.[Re].[Re]. The van der Waals surface area contributed by atoms with E-state index in [1.54, 1.807) is 0 Å². The second-order valence-electron chi connectivity index (χ2n) is 3.45. The summed E-state index contributed by atoms with van der Waals surface area (Å²) in [6, 6.07) is 0. The second kappa shape index (κ2) is 13.3. The Morgan fingerprint density at radius 2 is 1.38 bits per heavy atom. The molecule has 0 bridgehead atoms. The van der Waals surface area contributed by atoms with Crippen LogP contribution in [0.1, 0.15) is 53.4 Å². The van der Waals surface area contributed by atoms with Crippen LogP contribution in [0.25, 0.3) is 0 Å². The van der Waals surface area contributed by atoms with Gasteiger partial charge in [0, 0.05) is 40.8 Å². The quantitative estimate of drug-likeness (QED) is 0.452. The standard InChI is InChI=1S/C9H17.C2H6.2Re/c1-8(2)9-6-4-3-5-7-9;1-2;;/h3,8-9H,4-7H2,1-2H3;1-2H3;;/q-1;;;. The van der Waals surface area contributed by atoms with E-state index in [-0.39, 0.29) is 40.8 Å². The van der Waals surface area contributed by atoms with E-state index < -0.39 is 0 Å². The van der Waals surface area contributed by atoms with Crippen LogP contribution in [-0.4, -0.2) is 0 Å². The summed E-state index contributed by atoms with van der Waals surface area (Å²) in [6.45, 7) is 8.69. The van der Waals surface area contributed by atoms with E-state index >= 15 is 0 Å². The molecule has 0 spiro atoms. The molecule has 1 rings (SSSR count). The van der Waals surface area contributed by atoms with Gasteiger partial charge in [0.2, 0.25) is 0 Å². The molecule has 1 aliphatic rings. The van der Waals surface area contributed by atoms with Crippen LogP contribution in [0.5, 0.6) is 0 Å². The van der Waals surface area contributed by atoms with E-state index in [2.05, 4.69) is 20.3 Å². The van der Waals surface area contributed by atoms with Crippen molar-refractivity contribution in [3.8, 4) is 0 Å². The zero-order chi connectivity index (χ0) is 8.69. The number of hydrogen-bond donors (Lipinski definition) is 0. The molecule has 0 saturated heterocycles. The Labute approximate surface area is 112 Å². The largest absolute Gasteiger partial charge is 0.328 e. The molecule has 0 N–H and O–H groups in total. The molecule has 0 nitrogen and oxygen atoms in total. The molecule has 2 radical (unpaired) electrons. The van der Waals surface area contributed by atoms with Crippen molar-refractivity contribution in [2.75, 3.05) is 0 Å². The zero-order valence-corrected chi connectivity index (χ0v) is 14.7. The van der Waals surface area contributed by atoms with Crippen molar-refractivity contribution in [1.29, 1.82) is 0 Å². The Hall–Kier alpha value is 1.32. The summed E-state index contributed by atoms with van der Waals surface area (Å²) >= 11 is 0. The number of rotatable bonds is 1. The third-order valence-corrected chi connectivity index (χ3v) is 2.43. The molecule has 1 aliphatic carbocycles. The minimum atomic E-state index is 0. The summed E-state index contributed by atoms with van der Waals surface area (Å²) in [7, 11) is 0. The van der Waals surface area contributed by atoms with Crippen LogP contribution < -0.4 is 0 Å². The fourth-order valence-electron chi connectivity index (χ4n) is 1.62. The van der Waals surface area contributed by atoms with Gasteiger partial charge >= 0.3 is 0 Å². The predicted molar refractivity (Wildman–Crippen MR) is 52.4 cm³/mol. The van der Waals surface area contributed by atoms with E-state index in [9.17, 15) is 0 Å². The van der Waals surface area contributed by atoms with Crippen LogP contribution in [0.15, 0.2) is 0 Å². The molecule has 82 valence electrons. The first-order chi connectivity index (χ1) is 5.30. The van der Waals surface area contributed by atoms with Crippen LogP contribution in [0.4, 0.5) is 0 Å². The molecule has 0 aromatic rings. The first-order valence-corrected chi connectivity index (χ1v) is 5.12. The molecular weight excluding hydrogens is 505 g/mol. The van der Waals surface area contributed by atoms with Crippen LogP contribution >= 0.6 is 0 Å². The molecule has 1 saturated carbocycles. The minimum Gasteiger partial charge on any atom is -0.328 e. The first-order valence-electron chi connectivity index (χ1n) is 5.12. The fourth-order valence-corrected chi connectivity index (χ4v) is 1.62. The van der Waals surface area contributed by atoms with E-state index in [4.69, 9.17) is 0 Å². The van der Waals surface area contributed by atoms with E-state index in [1.165, 1.54) is 25.7 Å². The van der Waals surface area contributed by atoms with Gasteiger partial charge in [-0.05, 0) is 11.8 Å². The van der Waals surface area contributed by atoms with Gasteiger partial charge < -0.3 is 6.42 Å². The van der Waals surface area contributed by atoms with Crippen molar-refractivity contribution >= 4 is 0 Å². The summed E-state index contributed by atoms with van der Waals surface area (Å²) in [5.41, 5.74) is 0. The Kier molecular flexibility index (Phi) is 20.3. The van der Waals surface area contributed by atoms with Crippen LogP contribution in [0.2, 0.25) is 0 Å². The average molecular weight is 528 g/mol. The summed E-state index contributed by atoms with van der Waals surface area (Å²) in [5.74, 6) is 1.94. The third kappa shape index (κ3) is 9.62. The first kappa shape index (κ1) is 19.8. The van der Waals surface area contributed by atoms with Gasteiger partial charge in [-0.25, -0.2) is 0 Å². The van der Waals surface area contributed by atoms with Crippen LogP contribution in [0, 0.1) is 18.3 Å². The molecule has 0 unspecified atom stereocenters. The summed E-state index contributed by atoms with van der Waals surface area (Å²) < 4.78 is 0. The van der Waals surface area contributed by atoms with Gasteiger partial charge in [0.1, 0.15) is 0 Å². The zero-order valence-electron chi connectivity index (χ0n) is 9.32. The van der Waals surface area contributed by atoms with E-state index in [1.807, 2.05) is 13.8 Å². The van der Waals surface area contributed by atoms with Gasteiger partial charge in [-0.2, -0.15) is 12.8 Å². The molecule has 2 heteroatoms. The van der Waals surface area contributed by atoms with Gasteiger partial charge in [0.05, 0.1) is 0 Å². The maximum atomic E-state index is 2.43. The normalized spacial score (nSPS) is 16.4. The summed E-state index contributed by atoms with van der Waals surface area (Å²) in [4.78, 5) is 0. The third-order valence-electron chi connectivity index (χ3n) is 2.43. The summed E-state index contributed by atoms with van der Waals surface area (Å²) in [5, 5.41) is 0. The topological polar surface area (TPSA) is 0 Å². The number of hydrogen-bond acceptors (Lipinski definition) is 0. The minimum absolute atomic E-state index is 0. The van der Waals surface area contributed by atoms with Gasteiger partial charge in [0.15, 0.2) is 0 Å². The smallest absolute Gasteiger partial charge is 0 e. The molecule has 0 heterocycles. The molecule has 13 heavy (non-hydrogen) atoms. The van der Waals surface area contributed by atoms with Crippen LogP contribution in [0.3, 0.4) is 0 Å². The fraction of sp³-hybridized carbons (Fsp3) is 0.909. The van der Waals surface area contributed by atoms with E-state index in [0.717, 1.165) is 11.8 Å². The van der Waals surface area contributed by atoms with Crippen molar-refractivity contribution in [2.45, 2.75) is 53.4 Å².